The summed E-state index contributed by atoms with van der Waals surface area (Å²) in [7, 11) is 1.77. The van der Waals surface area contributed by atoms with Gasteiger partial charge < -0.3 is 19.4 Å². The Morgan fingerprint density at radius 3 is 2.68 bits per heavy atom. The van der Waals surface area contributed by atoms with Crippen molar-refractivity contribution in [3.8, 4) is 0 Å². The Kier molecular flexibility index (Phi) is 7.03. The van der Waals surface area contributed by atoms with Gasteiger partial charge in [0.05, 0.1) is 12.7 Å². The molecule has 0 spiro atoms. The Morgan fingerprint density at radius 2 is 2.04 bits per heavy atom. The lowest BCUT2D eigenvalue weighted by Gasteiger charge is -2.32. The van der Waals surface area contributed by atoms with E-state index in [9.17, 15) is 14.4 Å². The standard InChI is InChI=1S/C18H26N2O5/c1-13(18(23)20(2)14-7-4-3-5-8-14)25-16(21)10-11-19-17(22)15-9-6-12-24-15/h6,9,12-14H,3-5,7-8,10-11H2,1-2H3,(H,19,22)/t13-/m1/s1. The molecule has 25 heavy (non-hydrogen) atoms. The summed E-state index contributed by atoms with van der Waals surface area (Å²) in [5.74, 6) is -0.900. The van der Waals surface area contributed by atoms with E-state index in [1.54, 1.807) is 24.9 Å². The summed E-state index contributed by atoms with van der Waals surface area (Å²) in [5.41, 5.74) is 0. The molecule has 7 nitrogen and oxygen atoms in total. The van der Waals surface area contributed by atoms with E-state index in [0.29, 0.717) is 0 Å². The van der Waals surface area contributed by atoms with Crippen LogP contribution in [-0.4, -0.2) is 48.4 Å². The van der Waals surface area contributed by atoms with Crippen molar-refractivity contribution < 1.29 is 23.5 Å². The second-order valence-electron chi connectivity index (χ2n) is 6.36. The summed E-state index contributed by atoms with van der Waals surface area (Å²) in [6, 6.07) is 3.38. The van der Waals surface area contributed by atoms with Crippen molar-refractivity contribution >= 4 is 17.8 Å². The number of hydrogen-bond acceptors (Lipinski definition) is 5. The van der Waals surface area contributed by atoms with E-state index in [0.717, 1.165) is 25.7 Å². The molecule has 2 amide bonds. The van der Waals surface area contributed by atoms with E-state index < -0.39 is 12.1 Å². The van der Waals surface area contributed by atoms with Crippen molar-refractivity contribution in [1.29, 1.82) is 0 Å². The predicted octanol–water partition coefficient (Wildman–Crippen LogP) is 2.12. The molecular weight excluding hydrogens is 324 g/mol. The van der Waals surface area contributed by atoms with Crippen LogP contribution in [0.4, 0.5) is 0 Å². The van der Waals surface area contributed by atoms with E-state index in [-0.39, 0.29) is 36.6 Å². The number of furan rings is 1. The van der Waals surface area contributed by atoms with Gasteiger partial charge in [-0.3, -0.25) is 14.4 Å². The fraction of sp³-hybridized carbons (Fsp3) is 0.611. The summed E-state index contributed by atoms with van der Waals surface area (Å²) in [4.78, 5) is 37.6. The predicted molar refractivity (Wildman–Crippen MR) is 90.9 cm³/mol. The first kappa shape index (κ1) is 19.0. The maximum atomic E-state index is 12.4. The monoisotopic (exact) mass is 350 g/mol. The molecule has 0 unspecified atom stereocenters. The largest absolute Gasteiger partial charge is 0.459 e. The van der Waals surface area contributed by atoms with Gasteiger partial charge in [0.2, 0.25) is 0 Å². The van der Waals surface area contributed by atoms with Gasteiger partial charge in [-0.1, -0.05) is 19.3 Å². The number of carbonyl (C=O) groups excluding carboxylic acids is 3. The first-order chi connectivity index (χ1) is 12.0. The Bertz CT molecular complexity index is 578. The van der Waals surface area contributed by atoms with E-state index in [1.165, 1.54) is 18.8 Å². The van der Waals surface area contributed by atoms with Crippen LogP contribution in [0.15, 0.2) is 22.8 Å². The molecule has 0 aromatic carbocycles. The quantitative estimate of drug-likeness (QED) is 0.761. The van der Waals surface area contributed by atoms with Crippen LogP contribution in [0.25, 0.3) is 0 Å². The molecule has 2 rings (SSSR count). The van der Waals surface area contributed by atoms with Crippen LogP contribution >= 0.6 is 0 Å². The van der Waals surface area contributed by atoms with Crippen molar-refractivity contribution in [2.75, 3.05) is 13.6 Å². The fourth-order valence-corrected chi connectivity index (χ4v) is 3.01. The summed E-state index contributed by atoms with van der Waals surface area (Å²) >= 11 is 0. The molecule has 0 saturated heterocycles. The number of rotatable bonds is 7. The summed E-state index contributed by atoms with van der Waals surface area (Å²) in [6.07, 6.45) is 6.06. The highest BCUT2D eigenvalue weighted by molar-refractivity contribution is 5.91. The zero-order valence-electron chi connectivity index (χ0n) is 14.8. The lowest BCUT2D eigenvalue weighted by atomic mass is 9.94. The minimum Gasteiger partial charge on any atom is -0.459 e. The average Bonchev–Trinajstić information content (AvgIpc) is 3.15. The molecule has 0 aliphatic heterocycles. The Hall–Kier alpha value is -2.31. The number of esters is 1. The first-order valence-electron chi connectivity index (χ1n) is 8.77. The Morgan fingerprint density at radius 1 is 1.32 bits per heavy atom. The lowest BCUT2D eigenvalue weighted by Crippen LogP contribution is -2.44. The van der Waals surface area contributed by atoms with Crippen LogP contribution in [0, 0.1) is 0 Å². The molecule has 1 aromatic rings. The number of hydrogen-bond donors (Lipinski definition) is 1. The average molecular weight is 350 g/mol. The SMILES string of the molecule is C[C@@H](OC(=O)CCNC(=O)c1ccco1)C(=O)N(C)C1CCCCC1. The van der Waals surface area contributed by atoms with Crippen LogP contribution in [-0.2, 0) is 14.3 Å². The number of carbonyl (C=O) groups is 3. The molecule has 1 saturated carbocycles. The van der Waals surface area contributed by atoms with Crippen LogP contribution in [0.5, 0.6) is 0 Å². The van der Waals surface area contributed by atoms with Crippen molar-refractivity contribution in [3.63, 3.8) is 0 Å². The summed E-state index contributed by atoms with van der Waals surface area (Å²) < 4.78 is 10.1. The van der Waals surface area contributed by atoms with Crippen molar-refractivity contribution in [3.05, 3.63) is 24.2 Å². The number of nitrogens with one attached hydrogen (secondary N) is 1. The molecule has 1 heterocycles. The third-order valence-corrected chi connectivity index (χ3v) is 4.49. The first-order valence-corrected chi connectivity index (χ1v) is 8.77. The lowest BCUT2D eigenvalue weighted by molar-refractivity contribution is -0.159. The van der Waals surface area contributed by atoms with Gasteiger partial charge in [-0.15, -0.1) is 0 Å². The van der Waals surface area contributed by atoms with Crippen molar-refractivity contribution in [2.45, 2.75) is 57.6 Å². The van der Waals surface area contributed by atoms with Gasteiger partial charge in [-0.25, -0.2) is 0 Å². The van der Waals surface area contributed by atoms with Crippen LogP contribution in [0.2, 0.25) is 0 Å². The smallest absolute Gasteiger partial charge is 0.308 e. The maximum Gasteiger partial charge on any atom is 0.308 e. The highest BCUT2D eigenvalue weighted by Gasteiger charge is 2.27. The maximum absolute atomic E-state index is 12.4. The minimum atomic E-state index is -0.819. The van der Waals surface area contributed by atoms with Gasteiger partial charge in [0.25, 0.3) is 11.8 Å². The molecule has 0 radical (unpaired) electrons. The number of amides is 2. The van der Waals surface area contributed by atoms with Gasteiger partial charge in [-0.05, 0) is 31.9 Å². The van der Waals surface area contributed by atoms with Gasteiger partial charge in [0.15, 0.2) is 11.9 Å². The van der Waals surface area contributed by atoms with Crippen LogP contribution in [0.3, 0.4) is 0 Å². The number of nitrogens with zero attached hydrogens (tertiary/aromatic N) is 1. The Balaban J connectivity index is 1.69. The summed E-state index contributed by atoms with van der Waals surface area (Å²) in [6.45, 7) is 1.71. The number of likely N-dealkylation sites (N-methyl/N-ethyl adjacent to an activating group) is 1. The normalized spacial score (nSPS) is 16.1. The molecule has 1 aliphatic carbocycles. The second kappa shape index (κ2) is 9.25. The van der Waals surface area contributed by atoms with Gasteiger partial charge >= 0.3 is 5.97 Å². The van der Waals surface area contributed by atoms with Crippen LogP contribution in [0.1, 0.15) is 56.0 Å². The van der Waals surface area contributed by atoms with Gasteiger partial charge in [0, 0.05) is 19.6 Å². The molecule has 0 bridgehead atoms. The van der Waals surface area contributed by atoms with Crippen molar-refractivity contribution in [2.24, 2.45) is 0 Å². The second-order valence-corrected chi connectivity index (χ2v) is 6.36. The third-order valence-electron chi connectivity index (χ3n) is 4.49. The third kappa shape index (κ3) is 5.62. The van der Waals surface area contributed by atoms with E-state index >= 15 is 0 Å². The Labute approximate surface area is 147 Å². The molecular formula is C18H26N2O5. The summed E-state index contributed by atoms with van der Waals surface area (Å²) in [5, 5.41) is 2.56. The molecule has 1 atom stereocenters. The molecule has 138 valence electrons. The van der Waals surface area contributed by atoms with Gasteiger partial charge in [0.1, 0.15) is 0 Å². The highest BCUT2D eigenvalue weighted by Crippen LogP contribution is 2.22. The molecule has 1 aliphatic rings. The molecule has 1 N–H and O–H groups in total. The van der Waals surface area contributed by atoms with Crippen molar-refractivity contribution in [1.82, 2.24) is 10.2 Å². The zero-order chi connectivity index (χ0) is 18.2. The fourth-order valence-electron chi connectivity index (χ4n) is 3.01. The topological polar surface area (TPSA) is 88.8 Å². The molecule has 1 fully saturated rings. The van der Waals surface area contributed by atoms with E-state index in [4.69, 9.17) is 9.15 Å². The van der Waals surface area contributed by atoms with E-state index in [2.05, 4.69) is 5.32 Å². The molecule has 7 heteroatoms. The minimum absolute atomic E-state index is 0.00277. The number of ether oxygens (including phenoxy) is 1. The zero-order valence-corrected chi connectivity index (χ0v) is 14.8. The van der Waals surface area contributed by atoms with Gasteiger partial charge in [-0.2, -0.15) is 0 Å². The highest BCUT2D eigenvalue weighted by atomic mass is 16.5. The van der Waals surface area contributed by atoms with E-state index in [1.807, 2.05) is 0 Å². The molecule has 1 aromatic heterocycles. The van der Waals surface area contributed by atoms with Crippen LogP contribution < -0.4 is 5.32 Å².